The summed E-state index contributed by atoms with van der Waals surface area (Å²) in [5, 5.41) is 0. The molecule has 5 nitrogen and oxygen atoms in total. The Bertz CT molecular complexity index is 200. The first-order chi connectivity index (χ1) is 8.15. The first kappa shape index (κ1) is 16.4. The van der Waals surface area contributed by atoms with Crippen molar-refractivity contribution in [1.29, 1.82) is 0 Å². The van der Waals surface area contributed by atoms with Crippen LogP contribution in [0.4, 0.5) is 0 Å². The number of esters is 1. The summed E-state index contributed by atoms with van der Waals surface area (Å²) in [7, 11) is 0. The molecule has 0 spiro atoms. The second-order valence-corrected chi connectivity index (χ2v) is 3.78. The molecule has 0 aliphatic heterocycles. The van der Waals surface area contributed by atoms with Crippen molar-refractivity contribution in [3.05, 3.63) is 0 Å². The summed E-state index contributed by atoms with van der Waals surface area (Å²) in [5.41, 5.74) is 5.73. The van der Waals surface area contributed by atoms with Gasteiger partial charge in [-0.15, -0.1) is 0 Å². The van der Waals surface area contributed by atoms with Gasteiger partial charge in [0.15, 0.2) is 0 Å². The van der Waals surface area contributed by atoms with Gasteiger partial charge in [0.25, 0.3) is 0 Å². The smallest absolute Gasteiger partial charge is 0.322 e. The van der Waals surface area contributed by atoms with Gasteiger partial charge >= 0.3 is 5.97 Å². The fourth-order valence-electron chi connectivity index (χ4n) is 1.45. The van der Waals surface area contributed by atoms with Crippen molar-refractivity contribution in [3.8, 4) is 0 Å². The van der Waals surface area contributed by atoms with Gasteiger partial charge < -0.3 is 20.1 Å². The summed E-state index contributed by atoms with van der Waals surface area (Å²) in [5.74, 6) is -0.312. The number of rotatable bonds is 10. The average Bonchev–Trinajstić information content (AvgIpc) is 2.33. The zero-order valence-electron chi connectivity index (χ0n) is 11.3. The Kier molecular flexibility index (Phi) is 10.1. The van der Waals surface area contributed by atoms with Crippen LogP contribution in [0.5, 0.6) is 0 Å². The number of ether oxygens (including phenoxy) is 2. The van der Waals surface area contributed by atoms with Gasteiger partial charge in [-0.2, -0.15) is 0 Å². The topological polar surface area (TPSA) is 64.8 Å². The lowest BCUT2D eigenvalue weighted by atomic mass is 10.2. The highest BCUT2D eigenvalue weighted by molar-refractivity contribution is 5.75. The number of nitrogens with two attached hydrogens (primary N) is 1. The zero-order valence-corrected chi connectivity index (χ0v) is 11.3. The third kappa shape index (κ3) is 8.12. The van der Waals surface area contributed by atoms with Gasteiger partial charge in [0.2, 0.25) is 0 Å². The van der Waals surface area contributed by atoms with Crippen LogP contribution in [0.15, 0.2) is 0 Å². The number of hydrogen-bond acceptors (Lipinski definition) is 5. The van der Waals surface area contributed by atoms with Gasteiger partial charge in [-0.05, 0) is 26.8 Å². The summed E-state index contributed by atoms with van der Waals surface area (Å²) >= 11 is 0. The molecule has 2 N–H and O–H groups in total. The van der Waals surface area contributed by atoms with E-state index in [2.05, 4.69) is 11.8 Å². The van der Waals surface area contributed by atoms with Gasteiger partial charge in [-0.1, -0.05) is 6.92 Å². The molecule has 0 bridgehead atoms. The van der Waals surface area contributed by atoms with E-state index in [-0.39, 0.29) is 5.97 Å². The molecule has 0 rings (SSSR count). The molecule has 0 aliphatic carbocycles. The Labute approximate surface area is 104 Å². The predicted octanol–water partition coefficient (Wildman–Crippen LogP) is 0.625. The summed E-state index contributed by atoms with van der Waals surface area (Å²) < 4.78 is 10.2. The van der Waals surface area contributed by atoms with Gasteiger partial charge in [0.1, 0.15) is 6.04 Å². The maximum atomic E-state index is 11.3. The molecule has 0 aromatic carbocycles. The van der Waals surface area contributed by atoms with E-state index in [1.54, 1.807) is 6.92 Å². The van der Waals surface area contributed by atoms with Crippen LogP contribution >= 0.6 is 0 Å². The molecule has 5 heteroatoms. The highest BCUT2D eigenvalue weighted by Crippen LogP contribution is 1.97. The highest BCUT2D eigenvalue weighted by atomic mass is 16.5. The highest BCUT2D eigenvalue weighted by Gasteiger charge is 2.15. The summed E-state index contributed by atoms with van der Waals surface area (Å²) in [6, 6.07) is -0.518. The molecule has 0 aromatic heterocycles. The molecular weight excluding hydrogens is 220 g/mol. The van der Waals surface area contributed by atoms with Crippen LogP contribution in [0.2, 0.25) is 0 Å². The Morgan fingerprint density at radius 3 is 2.47 bits per heavy atom. The summed E-state index contributed by atoms with van der Waals surface area (Å²) in [6.07, 6.45) is 0.624. The summed E-state index contributed by atoms with van der Waals surface area (Å²) in [6.45, 7) is 10.3. The Morgan fingerprint density at radius 1 is 1.24 bits per heavy atom. The molecule has 102 valence electrons. The van der Waals surface area contributed by atoms with Crippen LogP contribution in [-0.4, -0.2) is 56.4 Å². The Hall–Kier alpha value is -0.650. The number of carbonyl (C=O) groups excluding carboxylic acids is 1. The van der Waals surface area contributed by atoms with Crippen molar-refractivity contribution in [2.75, 3.05) is 39.5 Å². The standard InChI is InChI=1S/C12H26N2O3/c1-4-14(9-10-16-5-2)8-7-11(13)12(15)17-6-3/h11H,4-10,13H2,1-3H3. The third-order valence-electron chi connectivity index (χ3n) is 2.55. The molecule has 0 aliphatic rings. The lowest BCUT2D eigenvalue weighted by Crippen LogP contribution is -2.37. The minimum atomic E-state index is -0.518. The average molecular weight is 246 g/mol. The van der Waals surface area contributed by atoms with Crippen molar-refractivity contribution in [3.63, 3.8) is 0 Å². The largest absolute Gasteiger partial charge is 0.465 e. The van der Waals surface area contributed by atoms with E-state index in [1.807, 2.05) is 6.92 Å². The van der Waals surface area contributed by atoms with E-state index in [9.17, 15) is 4.79 Å². The molecule has 0 saturated heterocycles. The predicted molar refractivity (Wildman–Crippen MR) is 67.8 cm³/mol. The summed E-state index contributed by atoms with van der Waals surface area (Å²) in [4.78, 5) is 13.5. The second kappa shape index (κ2) is 10.5. The third-order valence-corrected chi connectivity index (χ3v) is 2.55. The number of nitrogens with zero attached hydrogens (tertiary/aromatic N) is 1. The number of likely N-dealkylation sites (N-methyl/N-ethyl adjacent to an activating group) is 1. The maximum absolute atomic E-state index is 11.3. The molecule has 0 amide bonds. The lowest BCUT2D eigenvalue weighted by Gasteiger charge is -2.21. The van der Waals surface area contributed by atoms with E-state index in [1.165, 1.54) is 0 Å². The molecule has 1 atom stereocenters. The number of hydrogen-bond donors (Lipinski definition) is 1. The molecule has 0 heterocycles. The van der Waals surface area contributed by atoms with Crippen LogP contribution in [0.3, 0.4) is 0 Å². The Balaban J connectivity index is 3.76. The first-order valence-corrected chi connectivity index (χ1v) is 6.37. The monoisotopic (exact) mass is 246 g/mol. The minimum Gasteiger partial charge on any atom is -0.465 e. The molecule has 0 radical (unpaired) electrons. The molecule has 17 heavy (non-hydrogen) atoms. The van der Waals surface area contributed by atoms with Crippen molar-refractivity contribution < 1.29 is 14.3 Å². The van der Waals surface area contributed by atoms with Crippen molar-refractivity contribution >= 4 is 5.97 Å². The zero-order chi connectivity index (χ0) is 13.1. The second-order valence-electron chi connectivity index (χ2n) is 3.78. The van der Waals surface area contributed by atoms with E-state index in [0.29, 0.717) is 13.0 Å². The van der Waals surface area contributed by atoms with Gasteiger partial charge in [-0.25, -0.2) is 0 Å². The SMILES string of the molecule is CCOCCN(CC)CCC(N)C(=O)OCC. The van der Waals surface area contributed by atoms with Crippen LogP contribution in [0.1, 0.15) is 27.2 Å². The van der Waals surface area contributed by atoms with Crippen LogP contribution in [-0.2, 0) is 14.3 Å². The molecule has 0 aromatic rings. The fraction of sp³-hybridized carbons (Fsp3) is 0.917. The van der Waals surface area contributed by atoms with Crippen molar-refractivity contribution in [1.82, 2.24) is 4.90 Å². The molecular formula is C12H26N2O3. The van der Waals surface area contributed by atoms with Gasteiger partial charge in [0.05, 0.1) is 13.2 Å². The van der Waals surface area contributed by atoms with E-state index in [0.717, 1.165) is 32.8 Å². The fourth-order valence-corrected chi connectivity index (χ4v) is 1.45. The van der Waals surface area contributed by atoms with E-state index < -0.39 is 6.04 Å². The van der Waals surface area contributed by atoms with Gasteiger partial charge in [0, 0.05) is 19.7 Å². The maximum Gasteiger partial charge on any atom is 0.322 e. The van der Waals surface area contributed by atoms with Crippen LogP contribution in [0.25, 0.3) is 0 Å². The quantitative estimate of drug-likeness (QED) is 0.452. The molecule has 0 fully saturated rings. The first-order valence-electron chi connectivity index (χ1n) is 6.37. The molecule has 0 saturated carbocycles. The van der Waals surface area contributed by atoms with Crippen LogP contribution < -0.4 is 5.73 Å². The van der Waals surface area contributed by atoms with E-state index >= 15 is 0 Å². The molecule has 1 unspecified atom stereocenters. The van der Waals surface area contributed by atoms with E-state index in [4.69, 9.17) is 15.2 Å². The van der Waals surface area contributed by atoms with Gasteiger partial charge in [-0.3, -0.25) is 4.79 Å². The van der Waals surface area contributed by atoms with Crippen LogP contribution in [0, 0.1) is 0 Å². The van der Waals surface area contributed by atoms with Crippen molar-refractivity contribution in [2.24, 2.45) is 5.73 Å². The number of carbonyl (C=O) groups is 1. The normalized spacial score (nSPS) is 12.8. The lowest BCUT2D eigenvalue weighted by molar-refractivity contribution is -0.144. The Morgan fingerprint density at radius 2 is 1.94 bits per heavy atom. The minimum absolute atomic E-state index is 0.312. The van der Waals surface area contributed by atoms with Crippen molar-refractivity contribution in [2.45, 2.75) is 33.2 Å².